The first kappa shape index (κ1) is 20.0. The Labute approximate surface area is 165 Å². The van der Waals surface area contributed by atoms with Gasteiger partial charge in [0.05, 0.1) is 27.7 Å². The third kappa shape index (κ3) is 3.92. The summed E-state index contributed by atoms with van der Waals surface area (Å²) in [6.45, 7) is 5.77. The van der Waals surface area contributed by atoms with Crippen LogP contribution in [0.25, 0.3) is 10.9 Å². The lowest BCUT2D eigenvalue weighted by Crippen LogP contribution is -2.30. The van der Waals surface area contributed by atoms with Gasteiger partial charge in [0.15, 0.2) is 9.84 Å². The largest absolute Gasteiger partial charge is 0.335 e. The highest BCUT2D eigenvalue weighted by molar-refractivity contribution is 7.90. The standard InChI is InChI=1S/C22H24N2O3S/c1-14-6-11-21-18(12-14)13-20(15(2)23-21)22(25)24(4)16(3)17-7-9-19(10-8-17)28(5,26)27/h6-13,16H,1-5H3. The predicted octanol–water partition coefficient (Wildman–Crippen LogP) is 4.09. The zero-order chi connectivity index (χ0) is 20.6. The third-order valence-corrected chi connectivity index (χ3v) is 6.21. The van der Waals surface area contributed by atoms with E-state index in [1.807, 2.05) is 45.0 Å². The number of carbonyl (C=O) groups excluding carboxylic acids is 1. The molecule has 0 fully saturated rings. The first-order valence-electron chi connectivity index (χ1n) is 9.03. The molecule has 0 spiro atoms. The molecule has 6 heteroatoms. The monoisotopic (exact) mass is 396 g/mol. The fourth-order valence-electron chi connectivity index (χ4n) is 3.19. The van der Waals surface area contributed by atoms with Crippen molar-refractivity contribution in [3.05, 3.63) is 70.9 Å². The van der Waals surface area contributed by atoms with E-state index in [4.69, 9.17) is 0 Å². The smallest absolute Gasteiger partial charge is 0.255 e. The molecule has 0 bridgehead atoms. The molecule has 5 nitrogen and oxygen atoms in total. The van der Waals surface area contributed by atoms with E-state index in [2.05, 4.69) is 4.98 Å². The van der Waals surface area contributed by atoms with Crippen LogP contribution in [0.15, 0.2) is 53.4 Å². The molecule has 0 aliphatic carbocycles. The zero-order valence-electron chi connectivity index (χ0n) is 16.7. The summed E-state index contributed by atoms with van der Waals surface area (Å²) in [6, 6.07) is 14.3. The van der Waals surface area contributed by atoms with Crippen molar-refractivity contribution in [3.8, 4) is 0 Å². The highest BCUT2D eigenvalue weighted by Crippen LogP contribution is 2.25. The van der Waals surface area contributed by atoms with E-state index >= 15 is 0 Å². The van der Waals surface area contributed by atoms with Crippen LogP contribution in [0.5, 0.6) is 0 Å². The van der Waals surface area contributed by atoms with Crippen LogP contribution in [0, 0.1) is 13.8 Å². The molecule has 0 saturated heterocycles. The van der Waals surface area contributed by atoms with Crippen molar-refractivity contribution in [2.75, 3.05) is 13.3 Å². The van der Waals surface area contributed by atoms with E-state index in [1.54, 1.807) is 36.2 Å². The molecule has 0 N–H and O–H groups in total. The lowest BCUT2D eigenvalue weighted by Gasteiger charge is -2.26. The molecule has 0 saturated carbocycles. The van der Waals surface area contributed by atoms with E-state index < -0.39 is 9.84 Å². The molecule has 28 heavy (non-hydrogen) atoms. The molecule has 0 aliphatic rings. The SMILES string of the molecule is Cc1ccc2nc(C)c(C(=O)N(C)C(C)c3ccc(S(C)(=O)=O)cc3)cc2c1. The topological polar surface area (TPSA) is 67.3 Å². The van der Waals surface area contributed by atoms with Gasteiger partial charge >= 0.3 is 0 Å². The average molecular weight is 397 g/mol. The number of amides is 1. The van der Waals surface area contributed by atoms with E-state index in [0.717, 1.165) is 22.0 Å². The Morgan fingerprint density at radius 1 is 1.04 bits per heavy atom. The van der Waals surface area contributed by atoms with Gasteiger partial charge in [0.25, 0.3) is 5.91 Å². The van der Waals surface area contributed by atoms with Crippen molar-refractivity contribution in [2.24, 2.45) is 0 Å². The number of nitrogens with zero attached hydrogens (tertiary/aromatic N) is 2. The molecular weight excluding hydrogens is 372 g/mol. The minimum atomic E-state index is -3.24. The van der Waals surface area contributed by atoms with Crippen molar-refractivity contribution in [3.63, 3.8) is 0 Å². The van der Waals surface area contributed by atoms with Crippen LogP contribution in [0.1, 0.15) is 40.1 Å². The van der Waals surface area contributed by atoms with Gasteiger partial charge in [-0.3, -0.25) is 9.78 Å². The molecule has 1 atom stereocenters. The number of rotatable bonds is 4. The van der Waals surface area contributed by atoms with Gasteiger partial charge in [-0.05, 0) is 56.7 Å². The number of pyridine rings is 1. The Kier molecular flexibility index (Phi) is 5.26. The molecule has 2 aromatic carbocycles. The number of sulfone groups is 1. The molecule has 1 heterocycles. The lowest BCUT2D eigenvalue weighted by molar-refractivity contribution is 0.0741. The van der Waals surface area contributed by atoms with Crippen LogP contribution in [-0.4, -0.2) is 37.5 Å². The van der Waals surface area contributed by atoms with E-state index in [-0.39, 0.29) is 16.8 Å². The van der Waals surface area contributed by atoms with Gasteiger partial charge in [0, 0.05) is 18.7 Å². The summed E-state index contributed by atoms with van der Waals surface area (Å²) in [5, 5.41) is 0.938. The zero-order valence-corrected chi connectivity index (χ0v) is 17.5. The van der Waals surface area contributed by atoms with Crippen LogP contribution >= 0.6 is 0 Å². The number of aromatic nitrogens is 1. The Morgan fingerprint density at radius 2 is 1.68 bits per heavy atom. The van der Waals surface area contributed by atoms with Gasteiger partial charge in [-0.1, -0.05) is 23.8 Å². The fraction of sp³-hybridized carbons (Fsp3) is 0.273. The van der Waals surface area contributed by atoms with Crippen molar-refractivity contribution in [1.82, 2.24) is 9.88 Å². The summed E-state index contributed by atoms with van der Waals surface area (Å²) in [7, 11) is -1.50. The summed E-state index contributed by atoms with van der Waals surface area (Å²) in [4.78, 5) is 19.6. The Morgan fingerprint density at radius 3 is 2.29 bits per heavy atom. The van der Waals surface area contributed by atoms with Gasteiger partial charge in [0.1, 0.15) is 0 Å². The first-order valence-corrected chi connectivity index (χ1v) is 10.9. The molecule has 3 rings (SSSR count). The Hall–Kier alpha value is -2.73. The van der Waals surface area contributed by atoms with Crippen LogP contribution < -0.4 is 0 Å². The fourth-order valence-corrected chi connectivity index (χ4v) is 3.82. The second-order valence-electron chi connectivity index (χ2n) is 7.25. The van der Waals surface area contributed by atoms with Crippen molar-refractivity contribution < 1.29 is 13.2 Å². The number of benzene rings is 2. The second-order valence-corrected chi connectivity index (χ2v) is 9.27. The first-order chi connectivity index (χ1) is 13.1. The van der Waals surface area contributed by atoms with Crippen LogP contribution in [0.3, 0.4) is 0 Å². The highest BCUT2D eigenvalue weighted by Gasteiger charge is 2.22. The minimum Gasteiger partial charge on any atom is -0.335 e. The lowest BCUT2D eigenvalue weighted by atomic mass is 10.0. The van der Waals surface area contributed by atoms with Crippen molar-refractivity contribution in [2.45, 2.75) is 31.7 Å². The van der Waals surface area contributed by atoms with Gasteiger partial charge < -0.3 is 4.90 Å². The number of carbonyl (C=O) groups is 1. The normalized spacial score (nSPS) is 12.8. The molecule has 0 aliphatic heterocycles. The van der Waals surface area contributed by atoms with Crippen molar-refractivity contribution in [1.29, 1.82) is 0 Å². The van der Waals surface area contributed by atoms with E-state index in [1.165, 1.54) is 6.26 Å². The summed E-state index contributed by atoms with van der Waals surface area (Å²) in [6.07, 6.45) is 1.18. The maximum Gasteiger partial charge on any atom is 0.255 e. The molecule has 1 aromatic heterocycles. The molecular formula is C22H24N2O3S. The van der Waals surface area contributed by atoms with Gasteiger partial charge in [0.2, 0.25) is 0 Å². The quantitative estimate of drug-likeness (QED) is 0.666. The molecule has 1 unspecified atom stereocenters. The Bertz CT molecular complexity index is 1150. The third-order valence-electron chi connectivity index (χ3n) is 5.08. The van der Waals surface area contributed by atoms with Gasteiger partial charge in [-0.25, -0.2) is 8.42 Å². The number of hydrogen-bond donors (Lipinski definition) is 0. The molecule has 1 amide bonds. The number of hydrogen-bond acceptors (Lipinski definition) is 4. The van der Waals surface area contributed by atoms with Crippen LogP contribution in [0.2, 0.25) is 0 Å². The summed E-state index contributed by atoms with van der Waals surface area (Å²) < 4.78 is 23.3. The van der Waals surface area contributed by atoms with E-state index in [9.17, 15) is 13.2 Å². The summed E-state index contributed by atoms with van der Waals surface area (Å²) >= 11 is 0. The van der Waals surface area contributed by atoms with Gasteiger partial charge in [-0.15, -0.1) is 0 Å². The van der Waals surface area contributed by atoms with Crippen LogP contribution in [-0.2, 0) is 9.84 Å². The summed E-state index contributed by atoms with van der Waals surface area (Å²) in [5.74, 6) is -0.118. The second kappa shape index (κ2) is 7.36. The maximum absolute atomic E-state index is 13.1. The van der Waals surface area contributed by atoms with Crippen LogP contribution in [0.4, 0.5) is 0 Å². The van der Waals surface area contributed by atoms with Crippen molar-refractivity contribution >= 4 is 26.6 Å². The Balaban J connectivity index is 1.91. The predicted molar refractivity (Wildman–Crippen MR) is 111 cm³/mol. The van der Waals surface area contributed by atoms with E-state index in [0.29, 0.717) is 11.3 Å². The average Bonchev–Trinajstić information content (AvgIpc) is 2.65. The molecule has 0 radical (unpaired) electrons. The minimum absolute atomic E-state index is 0.118. The maximum atomic E-state index is 13.1. The molecule has 146 valence electrons. The summed E-state index contributed by atoms with van der Waals surface area (Å²) in [5.41, 5.74) is 4.11. The highest BCUT2D eigenvalue weighted by atomic mass is 32.2. The van der Waals surface area contributed by atoms with Gasteiger partial charge in [-0.2, -0.15) is 0 Å². The number of aryl methyl sites for hydroxylation is 2. The number of fused-ring (bicyclic) bond motifs is 1. The molecule has 3 aromatic rings.